The van der Waals surface area contributed by atoms with Crippen LogP contribution in [0.1, 0.15) is 32.1 Å². The van der Waals surface area contributed by atoms with Crippen molar-refractivity contribution in [3.8, 4) is 0 Å². The van der Waals surface area contributed by atoms with E-state index in [0.29, 0.717) is 35.6 Å². The first-order valence-corrected chi connectivity index (χ1v) is 7.72. The van der Waals surface area contributed by atoms with Crippen LogP contribution in [-0.2, 0) is 6.54 Å². The zero-order valence-electron chi connectivity index (χ0n) is 11.4. The van der Waals surface area contributed by atoms with Gasteiger partial charge in [0.2, 0.25) is 0 Å². The molecule has 1 aliphatic carbocycles. The summed E-state index contributed by atoms with van der Waals surface area (Å²) in [4.78, 5) is 12.0. The molecule has 0 aromatic carbocycles. The molecule has 0 saturated heterocycles. The third-order valence-corrected chi connectivity index (χ3v) is 4.08. The molecule has 0 bridgehead atoms. The molecule has 0 spiro atoms. The molecule has 0 atom stereocenters. The van der Waals surface area contributed by atoms with Gasteiger partial charge in [-0.25, -0.2) is 4.68 Å². The van der Waals surface area contributed by atoms with Crippen molar-refractivity contribution in [3.05, 3.63) is 21.0 Å². The summed E-state index contributed by atoms with van der Waals surface area (Å²) in [6.07, 6.45) is -0.632. The lowest BCUT2D eigenvalue weighted by Crippen LogP contribution is -2.25. The predicted molar refractivity (Wildman–Crippen MR) is 77.3 cm³/mol. The van der Waals surface area contributed by atoms with Gasteiger partial charge in [-0.15, -0.1) is 0 Å². The minimum atomic E-state index is -4.11. The lowest BCUT2D eigenvalue weighted by molar-refractivity contribution is -0.135. The number of aromatic nitrogens is 2. The number of nitrogens with zero attached hydrogens (tertiary/aromatic N) is 2. The number of nitrogens with one attached hydrogen (secondary N) is 1. The fourth-order valence-electron chi connectivity index (χ4n) is 1.94. The molecular formula is C13H17BrF3N3O. The first-order valence-electron chi connectivity index (χ1n) is 6.93. The third-order valence-electron chi connectivity index (χ3n) is 3.32. The van der Waals surface area contributed by atoms with Crippen LogP contribution in [0.15, 0.2) is 15.5 Å². The summed E-state index contributed by atoms with van der Waals surface area (Å²) < 4.78 is 37.8. The van der Waals surface area contributed by atoms with Gasteiger partial charge >= 0.3 is 6.18 Å². The number of hydrogen-bond donors (Lipinski definition) is 1. The molecule has 1 saturated carbocycles. The average Bonchev–Trinajstić information content (AvgIpc) is 3.20. The molecule has 1 N–H and O–H groups in total. The summed E-state index contributed by atoms with van der Waals surface area (Å²) >= 11 is 3.23. The van der Waals surface area contributed by atoms with Crippen LogP contribution in [0.2, 0.25) is 0 Å². The van der Waals surface area contributed by atoms with E-state index in [4.69, 9.17) is 0 Å². The number of hydrogen-bond acceptors (Lipinski definition) is 3. The van der Waals surface area contributed by atoms with Crippen molar-refractivity contribution < 1.29 is 13.2 Å². The summed E-state index contributed by atoms with van der Waals surface area (Å²) in [5.41, 5.74) is 0.321. The summed E-state index contributed by atoms with van der Waals surface area (Å²) in [7, 11) is 0. The van der Waals surface area contributed by atoms with Gasteiger partial charge in [-0.05, 0) is 47.5 Å². The van der Waals surface area contributed by atoms with Crippen LogP contribution < -0.4 is 10.9 Å². The van der Waals surface area contributed by atoms with Crippen molar-refractivity contribution in [2.75, 3.05) is 11.9 Å². The van der Waals surface area contributed by atoms with Crippen LogP contribution in [-0.4, -0.2) is 22.5 Å². The highest BCUT2D eigenvalue weighted by Crippen LogP contribution is 2.30. The molecule has 2 rings (SSSR count). The number of halogens is 4. The zero-order valence-corrected chi connectivity index (χ0v) is 13.0. The van der Waals surface area contributed by atoms with Crippen LogP contribution in [0.5, 0.6) is 0 Å². The van der Waals surface area contributed by atoms with E-state index >= 15 is 0 Å². The second-order valence-corrected chi connectivity index (χ2v) is 6.09. The van der Waals surface area contributed by atoms with Gasteiger partial charge < -0.3 is 5.32 Å². The Morgan fingerprint density at radius 3 is 2.71 bits per heavy atom. The smallest absolute Gasteiger partial charge is 0.383 e. The molecule has 1 aromatic heterocycles. The SMILES string of the molecule is O=c1c(Br)c(NCCCCC(F)(F)F)cnn1CC1CC1. The van der Waals surface area contributed by atoms with Crippen molar-refractivity contribution in [3.63, 3.8) is 0 Å². The standard InChI is InChI=1S/C13H17BrF3N3O/c14-11-10(18-6-2-1-5-13(15,16)17)7-19-20(12(11)21)8-9-3-4-9/h7,9,18H,1-6,8H2. The number of alkyl halides is 3. The van der Waals surface area contributed by atoms with Crippen LogP contribution in [0.4, 0.5) is 18.9 Å². The lowest BCUT2D eigenvalue weighted by Gasteiger charge is -2.10. The van der Waals surface area contributed by atoms with E-state index in [1.807, 2.05) is 0 Å². The highest BCUT2D eigenvalue weighted by Gasteiger charge is 2.26. The van der Waals surface area contributed by atoms with E-state index in [0.717, 1.165) is 12.8 Å². The molecule has 118 valence electrons. The molecule has 4 nitrogen and oxygen atoms in total. The Hall–Kier alpha value is -1.05. The molecule has 21 heavy (non-hydrogen) atoms. The van der Waals surface area contributed by atoms with Gasteiger partial charge in [-0.3, -0.25) is 4.79 Å². The first-order chi connectivity index (χ1) is 9.87. The van der Waals surface area contributed by atoms with Gasteiger partial charge in [0, 0.05) is 19.5 Å². The maximum Gasteiger partial charge on any atom is 0.389 e. The Balaban J connectivity index is 1.83. The van der Waals surface area contributed by atoms with Crippen molar-refractivity contribution in [1.29, 1.82) is 0 Å². The van der Waals surface area contributed by atoms with Gasteiger partial charge in [0.1, 0.15) is 4.47 Å². The van der Waals surface area contributed by atoms with E-state index < -0.39 is 12.6 Å². The Labute approximate surface area is 128 Å². The van der Waals surface area contributed by atoms with Crippen molar-refractivity contribution in [1.82, 2.24) is 9.78 Å². The normalized spacial score (nSPS) is 15.2. The third kappa shape index (κ3) is 5.33. The van der Waals surface area contributed by atoms with Crippen LogP contribution in [0.3, 0.4) is 0 Å². The molecule has 0 radical (unpaired) electrons. The van der Waals surface area contributed by atoms with E-state index in [1.54, 1.807) is 0 Å². The van der Waals surface area contributed by atoms with E-state index in [9.17, 15) is 18.0 Å². The van der Waals surface area contributed by atoms with Gasteiger partial charge in [0.05, 0.1) is 11.9 Å². The first kappa shape index (κ1) is 16.3. The Morgan fingerprint density at radius 2 is 2.10 bits per heavy atom. The second-order valence-electron chi connectivity index (χ2n) is 5.30. The van der Waals surface area contributed by atoms with Crippen LogP contribution in [0.25, 0.3) is 0 Å². The predicted octanol–water partition coefficient (Wildman–Crippen LogP) is 3.56. The van der Waals surface area contributed by atoms with Gasteiger partial charge in [0.25, 0.3) is 5.56 Å². The monoisotopic (exact) mass is 367 g/mol. The van der Waals surface area contributed by atoms with Crippen LogP contribution >= 0.6 is 15.9 Å². The molecule has 1 heterocycles. The summed E-state index contributed by atoms with van der Waals surface area (Å²) in [5, 5.41) is 7.04. The van der Waals surface area contributed by atoms with Crippen molar-refractivity contribution in [2.45, 2.75) is 44.8 Å². The molecule has 1 aliphatic rings. The second kappa shape index (κ2) is 6.81. The molecule has 1 fully saturated rings. The lowest BCUT2D eigenvalue weighted by atomic mass is 10.2. The molecule has 1 aromatic rings. The van der Waals surface area contributed by atoms with Gasteiger partial charge in [-0.1, -0.05) is 0 Å². The minimum absolute atomic E-state index is 0.0697. The number of anilines is 1. The Kier molecular flexibility index (Phi) is 5.29. The van der Waals surface area contributed by atoms with E-state index in [2.05, 4.69) is 26.3 Å². The highest BCUT2D eigenvalue weighted by molar-refractivity contribution is 9.10. The van der Waals surface area contributed by atoms with E-state index in [1.165, 1.54) is 10.9 Å². The molecule has 0 amide bonds. The number of rotatable bonds is 7. The topological polar surface area (TPSA) is 46.9 Å². The van der Waals surface area contributed by atoms with Gasteiger partial charge in [-0.2, -0.15) is 18.3 Å². The Bertz CT molecular complexity index is 540. The van der Waals surface area contributed by atoms with Crippen molar-refractivity contribution in [2.24, 2.45) is 5.92 Å². The summed E-state index contributed by atoms with van der Waals surface area (Å²) in [6, 6.07) is 0. The van der Waals surface area contributed by atoms with E-state index in [-0.39, 0.29) is 12.0 Å². The average molecular weight is 368 g/mol. The quantitative estimate of drug-likeness (QED) is 0.749. The molecule has 0 aliphatic heterocycles. The maximum atomic E-state index is 12.0. The highest BCUT2D eigenvalue weighted by atomic mass is 79.9. The fourth-order valence-corrected chi connectivity index (χ4v) is 2.38. The molecule has 8 heteroatoms. The fraction of sp³-hybridized carbons (Fsp3) is 0.692. The Morgan fingerprint density at radius 1 is 1.38 bits per heavy atom. The molecule has 0 unspecified atom stereocenters. The minimum Gasteiger partial charge on any atom is -0.383 e. The van der Waals surface area contributed by atoms with Crippen molar-refractivity contribution >= 4 is 21.6 Å². The summed E-state index contributed by atoms with van der Waals surface area (Å²) in [5.74, 6) is 0.545. The van der Waals surface area contributed by atoms with Crippen LogP contribution in [0, 0.1) is 5.92 Å². The number of unbranched alkanes of at least 4 members (excludes halogenated alkanes) is 1. The maximum absolute atomic E-state index is 12.0. The summed E-state index contributed by atoms with van der Waals surface area (Å²) in [6.45, 7) is 1.01. The molecular weight excluding hydrogens is 351 g/mol. The zero-order chi connectivity index (χ0) is 15.5. The largest absolute Gasteiger partial charge is 0.389 e. The van der Waals surface area contributed by atoms with Gasteiger partial charge in [0.15, 0.2) is 0 Å².